The van der Waals surface area contributed by atoms with Gasteiger partial charge in [-0.25, -0.2) is 22.3 Å². The van der Waals surface area contributed by atoms with Crippen LogP contribution in [0.1, 0.15) is 22.3 Å². The molecule has 2 fully saturated rings. The molecule has 2 saturated heterocycles. The molecule has 2 heterocycles. The Morgan fingerprint density at radius 3 is 2.24 bits per heavy atom. The van der Waals surface area contributed by atoms with Gasteiger partial charge in [0.25, 0.3) is 5.91 Å². The zero-order chi connectivity index (χ0) is 27.2. The first-order chi connectivity index (χ1) is 17.1. The average molecular weight is 548 g/mol. The van der Waals surface area contributed by atoms with Gasteiger partial charge in [-0.15, -0.1) is 13.2 Å². The summed E-state index contributed by atoms with van der Waals surface area (Å²) in [6.45, 7) is -0.636. The van der Waals surface area contributed by atoms with Gasteiger partial charge in [0.2, 0.25) is 15.9 Å². The van der Waals surface area contributed by atoms with E-state index >= 15 is 4.39 Å². The van der Waals surface area contributed by atoms with Crippen molar-refractivity contribution in [3.8, 4) is 5.75 Å². The van der Waals surface area contributed by atoms with Crippen molar-refractivity contribution in [3.05, 3.63) is 59.4 Å². The number of rotatable bonds is 6. The van der Waals surface area contributed by atoms with Gasteiger partial charge in [0, 0.05) is 25.4 Å². The standard InChI is InChI=1S/C23H22F5N3O5S/c24-19-9-17(37(29,34)35)6-7-18(19)21(33)31-11-15-10-30(12-22(15,25)13-31)20(32)8-3-14-1-4-16(5-2-14)36-23(26,27)28/h1-2,4-7,9,15H,3,8,10-13H2,(H2,29,34,35)/t15-,22+/m1/s1. The van der Waals surface area contributed by atoms with E-state index < -0.39 is 50.2 Å². The molecule has 2 aliphatic rings. The van der Waals surface area contributed by atoms with Crippen LogP contribution in [0.25, 0.3) is 0 Å². The monoisotopic (exact) mass is 547 g/mol. The van der Waals surface area contributed by atoms with Crippen molar-refractivity contribution in [1.82, 2.24) is 9.80 Å². The van der Waals surface area contributed by atoms with Gasteiger partial charge in [-0.3, -0.25) is 9.59 Å². The Bertz CT molecular complexity index is 1320. The molecule has 0 spiro atoms. The molecular weight excluding hydrogens is 525 g/mol. The number of aryl methyl sites for hydroxylation is 1. The molecule has 14 heteroatoms. The third-order valence-electron chi connectivity index (χ3n) is 6.44. The van der Waals surface area contributed by atoms with E-state index in [-0.39, 0.29) is 50.7 Å². The normalized spacial score (nSPS) is 21.7. The highest BCUT2D eigenvalue weighted by molar-refractivity contribution is 7.89. The summed E-state index contributed by atoms with van der Waals surface area (Å²) in [5.41, 5.74) is -1.71. The first-order valence-electron chi connectivity index (χ1n) is 11.1. The van der Waals surface area contributed by atoms with Crippen molar-refractivity contribution < 1.29 is 44.7 Å². The number of hydrogen-bond acceptors (Lipinski definition) is 5. The maximum absolute atomic E-state index is 15.6. The van der Waals surface area contributed by atoms with Crippen LogP contribution in [0.4, 0.5) is 22.0 Å². The number of nitrogens with two attached hydrogens (primary N) is 1. The lowest BCUT2D eigenvalue weighted by Gasteiger charge is -2.23. The van der Waals surface area contributed by atoms with E-state index in [0.717, 1.165) is 29.2 Å². The van der Waals surface area contributed by atoms with Crippen LogP contribution in [0.15, 0.2) is 47.4 Å². The van der Waals surface area contributed by atoms with Crippen molar-refractivity contribution in [2.24, 2.45) is 11.1 Å². The van der Waals surface area contributed by atoms with Crippen molar-refractivity contribution >= 4 is 21.8 Å². The van der Waals surface area contributed by atoms with Crippen LogP contribution in [0, 0.1) is 11.7 Å². The number of carbonyl (C=O) groups is 2. The summed E-state index contributed by atoms with van der Waals surface area (Å²) < 4.78 is 93.3. The number of benzene rings is 2. The summed E-state index contributed by atoms with van der Waals surface area (Å²) in [6, 6.07) is 7.69. The fourth-order valence-electron chi connectivity index (χ4n) is 4.62. The number of amides is 2. The molecule has 0 bridgehead atoms. The smallest absolute Gasteiger partial charge is 0.406 e. The lowest BCUT2D eigenvalue weighted by atomic mass is 9.97. The van der Waals surface area contributed by atoms with E-state index in [1.165, 1.54) is 17.0 Å². The predicted octanol–water partition coefficient (Wildman–Crippen LogP) is 2.63. The van der Waals surface area contributed by atoms with E-state index in [0.29, 0.717) is 11.6 Å². The number of halogens is 5. The second kappa shape index (κ2) is 9.56. The van der Waals surface area contributed by atoms with Crippen molar-refractivity contribution in [2.75, 3.05) is 26.2 Å². The van der Waals surface area contributed by atoms with Gasteiger partial charge in [0.05, 0.1) is 23.5 Å². The fraction of sp³-hybridized carbons (Fsp3) is 0.391. The Labute approximate surface area is 208 Å². The van der Waals surface area contributed by atoms with Gasteiger partial charge in [0.15, 0.2) is 5.67 Å². The third-order valence-corrected chi connectivity index (χ3v) is 7.36. The van der Waals surface area contributed by atoms with Crippen LogP contribution in [0.3, 0.4) is 0 Å². The number of ether oxygens (including phenoxy) is 1. The summed E-state index contributed by atoms with van der Waals surface area (Å²) in [4.78, 5) is 27.4. The van der Waals surface area contributed by atoms with Gasteiger partial charge in [-0.2, -0.15) is 0 Å². The summed E-state index contributed by atoms with van der Waals surface area (Å²) in [7, 11) is -4.16. The molecule has 2 amide bonds. The number of fused-ring (bicyclic) bond motifs is 1. The number of sulfonamides is 1. The quantitative estimate of drug-likeness (QED) is 0.560. The highest BCUT2D eigenvalue weighted by atomic mass is 32.2. The fourth-order valence-corrected chi connectivity index (χ4v) is 5.14. The first-order valence-corrected chi connectivity index (χ1v) is 12.6. The second-order valence-corrected chi connectivity index (χ2v) is 10.6. The summed E-state index contributed by atoms with van der Waals surface area (Å²) >= 11 is 0. The molecule has 0 radical (unpaired) electrons. The zero-order valence-corrected chi connectivity index (χ0v) is 20.0. The molecule has 2 atom stereocenters. The molecule has 0 aromatic heterocycles. The van der Waals surface area contributed by atoms with Gasteiger partial charge in [-0.1, -0.05) is 12.1 Å². The Kier molecular flexibility index (Phi) is 6.92. The Morgan fingerprint density at radius 1 is 1.05 bits per heavy atom. The minimum absolute atomic E-state index is 0.00648. The summed E-state index contributed by atoms with van der Waals surface area (Å²) in [5, 5.41) is 4.96. The number of likely N-dealkylation sites (tertiary alicyclic amines) is 2. The SMILES string of the molecule is NS(=O)(=O)c1ccc(C(=O)N2C[C@H]3CN(C(=O)CCc4ccc(OC(F)(F)F)cc4)C[C@]3(F)C2)c(F)c1. The number of alkyl halides is 4. The molecule has 4 rings (SSSR count). The number of primary sulfonamides is 1. The number of hydrogen-bond donors (Lipinski definition) is 1. The van der Waals surface area contributed by atoms with E-state index in [4.69, 9.17) is 5.14 Å². The van der Waals surface area contributed by atoms with E-state index in [2.05, 4.69) is 4.74 Å². The van der Waals surface area contributed by atoms with Crippen LogP contribution in [-0.2, 0) is 21.2 Å². The molecule has 0 aliphatic carbocycles. The molecule has 200 valence electrons. The van der Waals surface area contributed by atoms with Crippen LogP contribution in [-0.4, -0.2) is 68.2 Å². The highest BCUT2D eigenvalue weighted by Gasteiger charge is 2.55. The van der Waals surface area contributed by atoms with E-state index in [9.17, 15) is 35.6 Å². The Morgan fingerprint density at radius 2 is 1.68 bits per heavy atom. The molecule has 0 unspecified atom stereocenters. The van der Waals surface area contributed by atoms with Gasteiger partial charge >= 0.3 is 6.36 Å². The molecule has 8 nitrogen and oxygen atoms in total. The van der Waals surface area contributed by atoms with Gasteiger partial charge in [0.1, 0.15) is 11.6 Å². The minimum atomic E-state index is -4.81. The maximum Gasteiger partial charge on any atom is 0.573 e. The van der Waals surface area contributed by atoms with Crippen molar-refractivity contribution in [3.63, 3.8) is 0 Å². The van der Waals surface area contributed by atoms with Crippen LogP contribution < -0.4 is 9.88 Å². The second-order valence-electron chi connectivity index (χ2n) is 9.07. The lowest BCUT2D eigenvalue weighted by molar-refractivity contribution is -0.274. The Hall–Kier alpha value is -3.26. The van der Waals surface area contributed by atoms with Gasteiger partial charge in [-0.05, 0) is 42.3 Å². The average Bonchev–Trinajstić information content (AvgIpc) is 3.28. The molecule has 37 heavy (non-hydrogen) atoms. The van der Waals surface area contributed by atoms with Gasteiger partial charge < -0.3 is 14.5 Å². The maximum atomic E-state index is 15.6. The molecule has 2 N–H and O–H groups in total. The van der Waals surface area contributed by atoms with Crippen LogP contribution in [0.5, 0.6) is 5.75 Å². The highest BCUT2D eigenvalue weighted by Crippen LogP contribution is 2.39. The number of carbonyl (C=O) groups excluding carboxylic acids is 2. The van der Waals surface area contributed by atoms with Crippen molar-refractivity contribution in [1.29, 1.82) is 0 Å². The molecule has 0 saturated carbocycles. The largest absolute Gasteiger partial charge is 0.573 e. The van der Waals surface area contributed by atoms with E-state index in [1.54, 1.807) is 0 Å². The third kappa shape index (κ3) is 6.01. The summed E-state index contributed by atoms with van der Waals surface area (Å²) in [6.07, 6.45) is -4.57. The first kappa shape index (κ1) is 26.8. The van der Waals surface area contributed by atoms with Crippen LogP contribution >= 0.6 is 0 Å². The molecule has 2 aliphatic heterocycles. The molecule has 2 aromatic carbocycles. The summed E-state index contributed by atoms with van der Waals surface area (Å²) in [5.74, 6) is -3.32. The van der Waals surface area contributed by atoms with E-state index in [1.807, 2.05) is 0 Å². The minimum Gasteiger partial charge on any atom is -0.406 e. The van der Waals surface area contributed by atoms with Crippen molar-refractivity contribution in [2.45, 2.75) is 29.8 Å². The van der Waals surface area contributed by atoms with Crippen LogP contribution in [0.2, 0.25) is 0 Å². The lowest BCUT2D eigenvalue weighted by Crippen LogP contribution is -2.40. The zero-order valence-electron chi connectivity index (χ0n) is 19.2. The topological polar surface area (TPSA) is 110 Å². The number of nitrogens with zero attached hydrogens (tertiary/aromatic N) is 2. The molecular formula is C23H22F5N3O5S. The predicted molar refractivity (Wildman–Crippen MR) is 119 cm³/mol. The Balaban J connectivity index is 1.32. The molecule has 2 aromatic rings.